The van der Waals surface area contributed by atoms with Crippen molar-refractivity contribution in [3.63, 3.8) is 0 Å². The maximum absolute atomic E-state index is 13.3. The quantitative estimate of drug-likeness (QED) is 0.900. The van der Waals surface area contributed by atoms with Crippen molar-refractivity contribution in [3.05, 3.63) is 47.3 Å². The van der Waals surface area contributed by atoms with Gasteiger partial charge in [0.05, 0.1) is 0 Å². The summed E-state index contributed by atoms with van der Waals surface area (Å²) >= 11 is 0. The molecule has 0 amide bonds. The summed E-state index contributed by atoms with van der Waals surface area (Å²) in [6.07, 6.45) is 3.09. The molecule has 4 nitrogen and oxygen atoms in total. The Hall–Kier alpha value is -1.75. The Kier molecular flexibility index (Phi) is 4.27. The zero-order valence-corrected chi connectivity index (χ0v) is 11.3. The number of nitrogens with zero attached hydrogens (tertiary/aromatic N) is 3. The molecule has 0 saturated heterocycles. The lowest BCUT2D eigenvalue weighted by Crippen LogP contribution is -2.18. The third kappa shape index (κ3) is 3.17. The van der Waals surface area contributed by atoms with Crippen molar-refractivity contribution in [1.29, 1.82) is 0 Å². The molecule has 1 aromatic carbocycles. The Morgan fingerprint density at radius 3 is 2.95 bits per heavy atom. The monoisotopic (exact) mass is 262 g/mol. The molecule has 102 valence electrons. The van der Waals surface area contributed by atoms with E-state index in [-0.39, 0.29) is 11.9 Å². The van der Waals surface area contributed by atoms with Gasteiger partial charge in [-0.05, 0) is 36.6 Å². The Bertz CT molecular complexity index is 550. The highest BCUT2D eigenvalue weighted by atomic mass is 19.1. The van der Waals surface area contributed by atoms with E-state index in [2.05, 4.69) is 17.0 Å². The summed E-state index contributed by atoms with van der Waals surface area (Å²) in [5.41, 5.74) is 7.99. The van der Waals surface area contributed by atoms with E-state index in [4.69, 9.17) is 5.73 Å². The second-order valence-electron chi connectivity index (χ2n) is 4.71. The lowest BCUT2D eigenvalue weighted by atomic mass is 9.99. The molecule has 0 radical (unpaired) electrons. The van der Waals surface area contributed by atoms with Crippen LogP contribution in [0, 0.1) is 12.7 Å². The fourth-order valence-corrected chi connectivity index (χ4v) is 2.16. The first kappa shape index (κ1) is 13.7. The molecule has 2 N–H and O–H groups in total. The summed E-state index contributed by atoms with van der Waals surface area (Å²) in [7, 11) is 0. The van der Waals surface area contributed by atoms with Crippen LogP contribution in [-0.2, 0) is 13.0 Å². The minimum atomic E-state index is -0.268. The summed E-state index contributed by atoms with van der Waals surface area (Å²) in [5, 5.41) is 4.17. The summed E-state index contributed by atoms with van der Waals surface area (Å²) in [6, 6.07) is 4.43. The Balaban J connectivity index is 2.18. The van der Waals surface area contributed by atoms with Crippen molar-refractivity contribution in [3.8, 4) is 0 Å². The lowest BCUT2D eigenvalue weighted by Gasteiger charge is -2.15. The van der Waals surface area contributed by atoms with Gasteiger partial charge in [-0.1, -0.05) is 13.0 Å². The van der Waals surface area contributed by atoms with E-state index in [1.165, 1.54) is 18.5 Å². The standard InChI is InChI=1S/C14H19FN4/c1-3-6-19-14(17-9-18-19)8-13(16)12-7-11(15)5-4-10(12)2/h4-5,7,9,13H,3,6,8,16H2,1-2H3. The molecule has 19 heavy (non-hydrogen) atoms. The van der Waals surface area contributed by atoms with Gasteiger partial charge in [0.1, 0.15) is 18.0 Å². The normalized spacial score (nSPS) is 12.6. The summed E-state index contributed by atoms with van der Waals surface area (Å²) in [5.74, 6) is 0.587. The third-order valence-corrected chi connectivity index (χ3v) is 3.17. The van der Waals surface area contributed by atoms with Crippen LogP contribution in [0.3, 0.4) is 0 Å². The van der Waals surface area contributed by atoms with Crippen LogP contribution < -0.4 is 5.73 Å². The molecule has 0 fully saturated rings. The SMILES string of the molecule is CCCn1ncnc1CC(N)c1cc(F)ccc1C. The van der Waals surface area contributed by atoms with Gasteiger partial charge in [-0.15, -0.1) is 0 Å². The van der Waals surface area contributed by atoms with E-state index < -0.39 is 0 Å². The molecule has 2 rings (SSSR count). The van der Waals surface area contributed by atoms with Crippen molar-refractivity contribution < 1.29 is 4.39 Å². The van der Waals surface area contributed by atoms with Gasteiger partial charge in [0.2, 0.25) is 0 Å². The maximum atomic E-state index is 13.3. The highest BCUT2D eigenvalue weighted by Crippen LogP contribution is 2.20. The number of aromatic nitrogens is 3. The van der Waals surface area contributed by atoms with Gasteiger partial charge in [-0.2, -0.15) is 5.10 Å². The molecule has 1 atom stereocenters. The lowest BCUT2D eigenvalue weighted by molar-refractivity contribution is 0.545. The van der Waals surface area contributed by atoms with E-state index in [1.54, 1.807) is 6.07 Å². The molecule has 0 aliphatic carbocycles. The predicted molar refractivity (Wildman–Crippen MR) is 72.1 cm³/mol. The van der Waals surface area contributed by atoms with E-state index in [1.807, 2.05) is 11.6 Å². The van der Waals surface area contributed by atoms with Crippen molar-refractivity contribution in [2.24, 2.45) is 5.73 Å². The van der Waals surface area contributed by atoms with Crippen LogP contribution in [0.15, 0.2) is 24.5 Å². The predicted octanol–water partition coefficient (Wildman–Crippen LogP) is 2.38. The second kappa shape index (κ2) is 5.93. The second-order valence-corrected chi connectivity index (χ2v) is 4.71. The Morgan fingerprint density at radius 2 is 2.21 bits per heavy atom. The molecule has 0 saturated carbocycles. The first-order valence-corrected chi connectivity index (χ1v) is 6.50. The van der Waals surface area contributed by atoms with Gasteiger partial charge in [0.15, 0.2) is 0 Å². The number of rotatable bonds is 5. The molecular weight excluding hydrogens is 243 g/mol. The van der Waals surface area contributed by atoms with Crippen LogP contribution in [0.2, 0.25) is 0 Å². The van der Waals surface area contributed by atoms with Crippen LogP contribution >= 0.6 is 0 Å². The number of halogens is 1. The van der Waals surface area contributed by atoms with Crippen molar-refractivity contribution in [2.45, 2.75) is 39.3 Å². The van der Waals surface area contributed by atoms with Gasteiger partial charge in [-0.25, -0.2) is 9.37 Å². The minimum absolute atomic E-state index is 0.258. The van der Waals surface area contributed by atoms with Crippen LogP contribution in [0.25, 0.3) is 0 Å². The fraction of sp³-hybridized carbons (Fsp3) is 0.429. The highest BCUT2D eigenvalue weighted by Gasteiger charge is 2.14. The summed E-state index contributed by atoms with van der Waals surface area (Å²) < 4.78 is 15.2. The number of nitrogens with two attached hydrogens (primary N) is 1. The number of benzene rings is 1. The van der Waals surface area contributed by atoms with Crippen LogP contribution in [-0.4, -0.2) is 14.8 Å². The van der Waals surface area contributed by atoms with E-state index >= 15 is 0 Å². The average molecular weight is 262 g/mol. The summed E-state index contributed by atoms with van der Waals surface area (Å²) in [6.45, 7) is 4.84. The van der Waals surface area contributed by atoms with Gasteiger partial charge < -0.3 is 5.73 Å². The zero-order valence-electron chi connectivity index (χ0n) is 11.3. The molecular formula is C14H19FN4. The van der Waals surface area contributed by atoms with Gasteiger partial charge in [-0.3, -0.25) is 4.68 Å². The zero-order chi connectivity index (χ0) is 13.8. The number of hydrogen-bond donors (Lipinski definition) is 1. The minimum Gasteiger partial charge on any atom is -0.324 e. The molecule has 0 bridgehead atoms. The van der Waals surface area contributed by atoms with Gasteiger partial charge in [0, 0.05) is 19.0 Å². The van der Waals surface area contributed by atoms with Crippen molar-refractivity contribution >= 4 is 0 Å². The molecule has 0 aliphatic rings. The molecule has 1 aromatic heterocycles. The number of hydrogen-bond acceptors (Lipinski definition) is 3. The van der Waals surface area contributed by atoms with E-state index in [0.29, 0.717) is 6.42 Å². The topological polar surface area (TPSA) is 56.7 Å². The first-order valence-electron chi connectivity index (χ1n) is 6.50. The van der Waals surface area contributed by atoms with E-state index in [0.717, 1.165) is 29.9 Å². The molecule has 2 aromatic rings. The third-order valence-electron chi connectivity index (χ3n) is 3.17. The number of aryl methyl sites for hydroxylation is 2. The molecule has 1 heterocycles. The average Bonchev–Trinajstić information content (AvgIpc) is 2.80. The fourth-order valence-electron chi connectivity index (χ4n) is 2.16. The molecule has 0 aliphatic heterocycles. The van der Waals surface area contributed by atoms with Crippen LogP contribution in [0.5, 0.6) is 0 Å². The molecule has 0 spiro atoms. The van der Waals surface area contributed by atoms with Gasteiger partial charge in [0.25, 0.3) is 0 Å². The maximum Gasteiger partial charge on any atom is 0.138 e. The smallest absolute Gasteiger partial charge is 0.138 e. The largest absolute Gasteiger partial charge is 0.324 e. The Labute approximate surface area is 112 Å². The van der Waals surface area contributed by atoms with E-state index in [9.17, 15) is 4.39 Å². The molecule has 1 unspecified atom stereocenters. The Morgan fingerprint density at radius 1 is 1.42 bits per heavy atom. The van der Waals surface area contributed by atoms with Crippen molar-refractivity contribution in [2.75, 3.05) is 0 Å². The van der Waals surface area contributed by atoms with Crippen LogP contribution in [0.4, 0.5) is 4.39 Å². The summed E-state index contributed by atoms with van der Waals surface area (Å²) in [4.78, 5) is 4.23. The molecule has 5 heteroatoms. The van der Waals surface area contributed by atoms with Crippen LogP contribution in [0.1, 0.15) is 36.3 Å². The van der Waals surface area contributed by atoms with Gasteiger partial charge >= 0.3 is 0 Å². The van der Waals surface area contributed by atoms with Crippen molar-refractivity contribution in [1.82, 2.24) is 14.8 Å². The highest BCUT2D eigenvalue weighted by molar-refractivity contribution is 5.29. The first-order chi connectivity index (χ1) is 9.11.